The van der Waals surface area contributed by atoms with Gasteiger partial charge >= 0.3 is 0 Å². The molecule has 0 aliphatic carbocycles. The van der Waals surface area contributed by atoms with Gasteiger partial charge in [-0.05, 0) is 24.7 Å². The Labute approximate surface area is 103 Å². The number of rotatable bonds is 10. The van der Waals surface area contributed by atoms with Gasteiger partial charge in [-0.1, -0.05) is 33.1 Å². The average molecular weight is 238 g/mol. The molecule has 0 saturated carbocycles. The van der Waals surface area contributed by atoms with E-state index in [-0.39, 0.29) is 0 Å². The average Bonchev–Trinajstić information content (AvgIpc) is 2.35. The number of aliphatic imine (C=N–C) groups is 2. The van der Waals surface area contributed by atoms with Crippen molar-refractivity contribution < 1.29 is 9.59 Å². The van der Waals surface area contributed by atoms with Crippen molar-refractivity contribution in [3.63, 3.8) is 0 Å². The largest absolute Gasteiger partial charge is 0.234 e. The first-order chi connectivity index (χ1) is 8.26. The highest BCUT2D eigenvalue weighted by molar-refractivity contribution is 5.33. The van der Waals surface area contributed by atoms with Crippen molar-refractivity contribution in [3.8, 4) is 0 Å². The minimum atomic E-state index is 0.392. The Balaban J connectivity index is 4.09. The van der Waals surface area contributed by atoms with Gasteiger partial charge in [-0.2, -0.15) is 0 Å². The Morgan fingerprint density at radius 3 is 2.29 bits per heavy atom. The highest BCUT2D eigenvalue weighted by Gasteiger charge is 2.16. The fourth-order valence-electron chi connectivity index (χ4n) is 1.99. The smallest absolute Gasteiger partial charge is 0.211 e. The van der Waals surface area contributed by atoms with Gasteiger partial charge in [0, 0.05) is 0 Å². The Morgan fingerprint density at radius 1 is 1.06 bits per heavy atom. The molecule has 0 aromatic rings. The van der Waals surface area contributed by atoms with Gasteiger partial charge in [0.2, 0.25) is 12.2 Å². The molecule has 0 amide bonds. The van der Waals surface area contributed by atoms with Crippen molar-refractivity contribution in [2.75, 3.05) is 13.1 Å². The summed E-state index contributed by atoms with van der Waals surface area (Å²) in [5.41, 5.74) is 0. The first kappa shape index (κ1) is 15.8. The highest BCUT2D eigenvalue weighted by Crippen LogP contribution is 2.24. The van der Waals surface area contributed by atoms with Crippen LogP contribution in [0.15, 0.2) is 9.98 Å². The normalized spacial score (nSPS) is 13.3. The Morgan fingerprint density at radius 2 is 1.71 bits per heavy atom. The van der Waals surface area contributed by atoms with Crippen LogP contribution in [-0.2, 0) is 9.59 Å². The van der Waals surface area contributed by atoms with Crippen LogP contribution in [0.4, 0.5) is 0 Å². The summed E-state index contributed by atoms with van der Waals surface area (Å²) in [6, 6.07) is 0. The van der Waals surface area contributed by atoms with E-state index in [0.717, 1.165) is 19.3 Å². The zero-order chi connectivity index (χ0) is 12.9. The lowest BCUT2D eigenvalue weighted by molar-refractivity contribution is 0.309. The maximum absolute atomic E-state index is 10.1. The van der Waals surface area contributed by atoms with Crippen LogP contribution in [0.3, 0.4) is 0 Å². The SMILES string of the molecule is CCCCC(CCCN=C=O)C(C)CN=C=O. The molecule has 0 bridgehead atoms. The van der Waals surface area contributed by atoms with Crippen LogP contribution < -0.4 is 0 Å². The molecule has 2 atom stereocenters. The lowest BCUT2D eigenvalue weighted by atomic mass is 9.85. The second-order valence-electron chi connectivity index (χ2n) is 4.43. The molecule has 0 rings (SSSR count). The molecular formula is C13H22N2O2. The minimum Gasteiger partial charge on any atom is -0.211 e. The van der Waals surface area contributed by atoms with Crippen molar-refractivity contribution in [1.29, 1.82) is 0 Å². The van der Waals surface area contributed by atoms with E-state index in [4.69, 9.17) is 0 Å². The van der Waals surface area contributed by atoms with Crippen molar-refractivity contribution >= 4 is 12.2 Å². The van der Waals surface area contributed by atoms with E-state index in [1.807, 2.05) is 0 Å². The zero-order valence-corrected chi connectivity index (χ0v) is 10.8. The van der Waals surface area contributed by atoms with Crippen LogP contribution in [0, 0.1) is 11.8 Å². The van der Waals surface area contributed by atoms with Crippen LogP contribution in [0.25, 0.3) is 0 Å². The number of isocyanates is 2. The van der Waals surface area contributed by atoms with Crippen molar-refractivity contribution in [2.24, 2.45) is 21.8 Å². The predicted octanol–water partition coefficient (Wildman–Crippen LogP) is 2.88. The Bertz CT molecular complexity index is 279. The van der Waals surface area contributed by atoms with Crippen LogP contribution in [0.1, 0.15) is 46.0 Å². The molecule has 0 aromatic carbocycles. The van der Waals surface area contributed by atoms with Gasteiger partial charge in [0.25, 0.3) is 0 Å². The van der Waals surface area contributed by atoms with Crippen molar-refractivity contribution in [1.82, 2.24) is 0 Å². The van der Waals surface area contributed by atoms with Crippen LogP contribution in [-0.4, -0.2) is 25.2 Å². The van der Waals surface area contributed by atoms with Crippen molar-refractivity contribution in [2.45, 2.75) is 46.0 Å². The van der Waals surface area contributed by atoms with Gasteiger partial charge in [0.1, 0.15) is 0 Å². The van der Waals surface area contributed by atoms with Gasteiger partial charge in [-0.25, -0.2) is 19.6 Å². The van der Waals surface area contributed by atoms with E-state index in [1.165, 1.54) is 12.8 Å². The zero-order valence-electron chi connectivity index (χ0n) is 10.8. The van der Waals surface area contributed by atoms with E-state index >= 15 is 0 Å². The minimum absolute atomic E-state index is 0.392. The van der Waals surface area contributed by atoms with Gasteiger partial charge < -0.3 is 0 Å². The van der Waals surface area contributed by atoms with Crippen molar-refractivity contribution in [3.05, 3.63) is 0 Å². The molecule has 0 fully saturated rings. The first-order valence-corrected chi connectivity index (χ1v) is 6.33. The summed E-state index contributed by atoms with van der Waals surface area (Å²) in [7, 11) is 0. The van der Waals surface area contributed by atoms with Gasteiger partial charge in [0.05, 0.1) is 13.1 Å². The summed E-state index contributed by atoms with van der Waals surface area (Å²) < 4.78 is 0. The van der Waals surface area contributed by atoms with Crippen LogP contribution in [0.5, 0.6) is 0 Å². The maximum atomic E-state index is 10.1. The fourth-order valence-corrected chi connectivity index (χ4v) is 1.99. The van der Waals surface area contributed by atoms with Crippen LogP contribution >= 0.6 is 0 Å². The third-order valence-electron chi connectivity index (χ3n) is 3.09. The molecule has 4 nitrogen and oxygen atoms in total. The molecule has 0 saturated heterocycles. The topological polar surface area (TPSA) is 58.9 Å². The van der Waals surface area contributed by atoms with Gasteiger partial charge in [0.15, 0.2) is 0 Å². The Kier molecular flexibility index (Phi) is 10.4. The number of unbranched alkanes of at least 4 members (excludes halogenated alkanes) is 1. The number of carbonyl (C=O) groups excluding carboxylic acids is 2. The summed E-state index contributed by atoms with van der Waals surface area (Å²) in [5, 5.41) is 0. The molecule has 0 aromatic heterocycles. The molecule has 0 N–H and O–H groups in total. The highest BCUT2D eigenvalue weighted by atomic mass is 16.1. The van der Waals surface area contributed by atoms with E-state index in [1.54, 1.807) is 12.2 Å². The molecule has 2 unspecified atom stereocenters. The second kappa shape index (κ2) is 11.3. The maximum Gasteiger partial charge on any atom is 0.234 e. The molecular weight excluding hydrogens is 216 g/mol. The monoisotopic (exact) mass is 238 g/mol. The van der Waals surface area contributed by atoms with E-state index in [0.29, 0.717) is 24.9 Å². The summed E-state index contributed by atoms with van der Waals surface area (Å²) in [6.45, 7) is 5.39. The third kappa shape index (κ3) is 8.56. The summed E-state index contributed by atoms with van der Waals surface area (Å²) in [6.07, 6.45) is 8.59. The molecule has 0 aliphatic rings. The molecule has 0 spiro atoms. The number of hydrogen-bond acceptors (Lipinski definition) is 4. The van der Waals surface area contributed by atoms with Gasteiger partial charge in [-0.15, -0.1) is 0 Å². The summed E-state index contributed by atoms with van der Waals surface area (Å²) in [4.78, 5) is 27.3. The molecule has 0 heterocycles. The summed E-state index contributed by atoms with van der Waals surface area (Å²) >= 11 is 0. The predicted molar refractivity (Wildman–Crippen MR) is 67.4 cm³/mol. The van der Waals surface area contributed by atoms with Crippen LogP contribution in [0.2, 0.25) is 0 Å². The standard InChI is InChI=1S/C13H22N2O2/c1-3-4-6-13(7-5-8-14-10-16)12(2)9-15-11-17/h12-13H,3-9H2,1-2H3. The summed E-state index contributed by atoms with van der Waals surface area (Å²) in [5.74, 6) is 0.942. The second-order valence-corrected chi connectivity index (χ2v) is 4.43. The molecule has 96 valence electrons. The van der Waals surface area contributed by atoms with Gasteiger partial charge in [-0.3, -0.25) is 0 Å². The molecule has 0 aliphatic heterocycles. The third-order valence-corrected chi connectivity index (χ3v) is 3.09. The molecule has 0 radical (unpaired) electrons. The van der Waals surface area contributed by atoms with E-state index < -0.39 is 0 Å². The van der Waals surface area contributed by atoms with E-state index in [9.17, 15) is 9.59 Å². The fraction of sp³-hybridized carbons (Fsp3) is 0.846. The number of nitrogens with zero attached hydrogens (tertiary/aromatic N) is 2. The van der Waals surface area contributed by atoms with E-state index in [2.05, 4.69) is 23.8 Å². The number of hydrogen-bond donors (Lipinski definition) is 0. The lowest BCUT2D eigenvalue weighted by Crippen LogP contribution is -2.15. The quantitative estimate of drug-likeness (QED) is 0.334. The lowest BCUT2D eigenvalue weighted by Gasteiger charge is -2.21. The molecule has 4 heteroatoms. The molecule has 17 heavy (non-hydrogen) atoms. The Hall–Kier alpha value is -1.24. The first-order valence-electron chi connectivity index (χ1n) is 6.33.